The van der Waals surface area contributed by atoms with E-state index >= 15 is 0 Å². The molecule has 0 aliphatic carbocycles. The van der Waals surface area contributed by atoms with E-state index in [0.717, 1.165) is 6.07 Å². The van der Waals surface area contributed by atoms with E-state index in [9.17, 15) is 14.0 Å². The first-order valence-electron chi connectivity index (χ1n) is 8.50. The Morgan fingerprint density at radius 2 is 1.59 bits per heavy atom. The van der Waals surface area contributed by atoms with Crippen LogP contribution in [-0.4, -0.2) is 21.4 Å². The molecule has 0 radical (unpaired) electrons. The zero-order valence-corrected chi connectivity index (χ0v) is 16.2. The number of nitrogens with zero attached hydrogens (tertiary/aromatic N) is 1. The Labute approximate surface area is 174 Å². The summed E-state index contributed by atoms with van der Waals surface area (Å²) in [5.74, 6) is -2.58. The van der Waals surface area contributed by atoms with Gasteiger partial charge in [-0.25, -0.2) is 9.18 Å². The summed E-state index contributed by atoms with van der Waals surface area (Å²) in [5, 5.41) is 10.1. The number of rotatable bonds is 4. The first-order valence-corrected chi connectivity index (χ1v) is 9.26. The van der Waals surface area contributed by atoms with Crippen molar-refractivity contribution in [1.82, 2.24) is 4.57 Å². The van der Waals surface area contributed by atoms with Crippen molar-refractivity contribution in [2.24, 2.45) is 0 Å². The Bertz CT molecular complexity index is 1280. The third-order valence-electron chi connectivity index (χ3n) is 4.61. The van der Waals surface area contributed by atoms with Crippen LogP contribution in [0.4, 0.5) is 4.39 Å². The Kier molecular flexibility index (Phi) is 4.86. The van der Waals surface area contributed by atoms with Gasteiger partial charge >= 0.3 is 5.97 Å². The van der Waals surface area contributed by atoms with Crippen molar-refractivity contribution in [2.75, 3.05) is 0 Å². The minimum absolute atomic E-state index is 0.186. The second-order valence-electron chi connectivity index (χ2n) is 6.33. The maximum absolute atomic E-state index is 14.2. The number of aromatic carboxylic acids is 1. The summed E-state index contributed by atoms with van der Waals surface area (Å²) in [7, 11) is 0. The summed E-state index contributed by atoms with van der Waals surface area (Å²) in [6, 6.07) is 15.7. The predicted molar refractivity (Wildman–Crippen MR) is 110 cm³/mol. The summed E-state index contributed by atoms with van der Waals surface area (Å²) < 4.78 is 15.9. The van der Waals surface area contributed by atoms with E-state index in [0.29, 0.717) is 22.2 Å². The van der Waals surface area contributed by atoms with E-state index in [4.69, 9.17) is 28.3 Å². The van der Waals surface area contributed by atoms with Gasteiger partial charge in [0.05, 0.1) is 26.7 Å². The Hall–Kier alpha value is -3.15. The molecule has 4 nitrogen and oxygen atoms in total. The average molecular weight is 428 g/mol. The van der Waals surface area contributed by atoms with E-state index in [1.807, 2.05) is 0 Å². The number of carbonyl (C=O) groups excluding carboxylic acids is 1. The number of carboxylic acid groups (broad SMARTS) is 1. The molecular weight excluding hydrogens is 416 g/mol. The van der Waals surface area contributed by atoms with Gasteiger partial charge in [0, 0.05) is 22.8 Å². The molecule has 1 heterocycles. The van der Waals surface area contributed by atoms with Gasteiger partial charge in [0.25, 0.3) is 0 Å². The maximum atomic E-state index is 14.2. The molecule has 4 aromatic rings. The lowest BCUT2D eigenvalue weighted by atomic mass is 10.0. The van der Waals surface area contributed by atoms with Gasteiger partial charge in [0.15, 0.2) is 5.78 Å². The van der Waals surface area contributed by atoms with E-state index in [2.05, 4.69) is 0 Å². The zero-order chi connectivity index (χ0) is 20.7. The monoisotopic (exact) mass is 427 g/mol. The van der Waals surface area contributed by atoms with Gasteiger partial charge in [-0.05, 0) is 36.4 Å². The minimum atomic E-state index is -1.35. The van der Waals surface area contributed by atoms with Crippen molar-refractivity contribution in [2.45, 2.75) is 0 Å². The fourth-order valence-corrected chi connectivity index (χ4v) is 3.82. The Morgan fingerprint density at radius 3 is 2.24 bits per heavy atom. The summed E-state index contributed by atoms with van der Waals surface area (Å²) in [6.07, 6.45) is 1.57. The van der Waals surface area contributed by atoms with Crippen molar-refractivity contribution >= 4 is 45.9 Å². The van der Waals surface area contributed by atoms with Crippen LogP contribution in [0.1, 0.15) is 26.3 Å². The van der Waals surface area contributed by atoms with Crippen LogP contribution in [0.15, 0.2) is 66.9 Å². The van der Waals surface area contributed by atoms with Crippen molar-refractivity contribution in [1.29, 1.82) is 0 Å². The molecule has 3 aromatic carbocycles. The summed E-state index contributed by atoms with van der Waals surface area (Å²) in [5.41, 5.74) is 1.14. The van der Waals surface area contributed by atoms with Gasteiger partial charge in [0.2, 0.25) is 0 Å². The largest absolute Gasteiger partial charge is 0.478 e. The fourth-order valence-electron chi connectivity index (χ4n) is 3.25. The SMILES string of the molecule is O=C(O)c1ccc(-n2cc(C(=O)c3c(Cl)cccc3Cl)c3ccccc32)cc1F. The number of carboxylic acids is 1. The van der Waals surface area contributed by atoms with Crippen LogP contribution < -0.4 is 0 Å². The first kappa shape index (κ1) is 19.2. The smallest absolute Gasteiger partial charge is 0.338 e. The van der Waals surface area contributed by atoms with Gasteiger partial charge in [0.1, 0.15) is 5.82 Å². The molecule has 0 bridgehead atoms. The van der Waals surface area contributed by atoms with Gasteiger partial charge in [-0.2, -0.15) is 0 Å². The molecule has 0 atom stereocenters. The predicted octanol–water partition coefficient (Wildman–Crippen LogP) is 6.01. The highest BCUT2D eigenvalue weighted by Crippen LogP contribution is 2.32. The number of benzene rings is 3. The molecule has 4 rings (SSSR count). The maximum Gasteiger partial charge on any atom is 0.338 e. The van der Waals surface area contributed by atoms with Crippen LogP contribution in [0.2, 0.25) is 10.0 Å². The first-order chi connectivity index (χ1) is 13.9. The van der Waals surface area contributed by atoms with Crippen LogP contribution >= 0.6 is 23.2 Å². The van der Waals surface area contributed by atoms with E-state index in [-0.39, 0.29) is 21.4 Å². The number of para-hydroxylation sites is 1. The summed E-state index contributed by atoms with van der Waals surface area (Å²) >= 11 is 12.4. The average Bonchev–Trinajstić information content (AvgIpc) is 3.07. The molecule has 0 aliphatic rings. The molecule has 0 spiro atoms. The number of halogens is 3. The van der Waals surface area contributed by atoms with Crippen LogP contribution in [0.25, 0.3) is 16.6 Å². The third-order valence-corrected chi connectivity index (χ3v) is 5.24. The standard InChI is InChI=1S/C22H12Cl2FNO3/c23-16-5-3-6-17(24)20(16)21(27)15-11-26(19-7-2-1-4-13(15)19)12-8-9-14(22(28)29)18(25)10-12/h1-11H,(H,28,29). The molecule has 0 saturated heterocycles. The van der Waals surface area contributed by atoms with E-state index in [1.165, 1.54) is 12.1 Å². The van der Waals surface area contributed by atoms with Crippen LogP contribution in [-0.2, 0) is 0 Å². The van der Waals surface area contributed by atoms with Crippen molar-refractivity contribution in [3.05, 3.63) is 99.4 Å². The molecule has 0 fully saturated rings. The van der Waals surface area contributed by atoms with E-state index in [1.54, 1.807) is 53.2 Å². The third kappa shape index (κ3) is 3.28. The van der Waals surface area contributed by atoms with Crippen molar-refractivity contribution < 1.29 is 19.1 Å². The van der Waals surface area contributed by atoms with Gasteiger partial charge in [-0.1, -0.05) is 47.5 Å². The molecule has 0 amide bonds. The molecule has 0 saturated carbocycles. The molecule has 0 unspecified atom stereocenters. The lowest BCUT2D eigenvalue weighted by Crippen LogP contribution is -2.03. The number of hydrogen-bond donors (Lipinski definition) is 1. The molecule has 1 aromatic heterocycles. The molecular formula is C22H12Cl2FNO3. The number of hydrogen-bond acceptors (Lipinski definition) is 2. The van der Waals surface area contributed by atoms with Gasteiger partial charge in [-0.3, -0.25) is 4.79 Å². The van der Waals surface area contributed by atoms with Gasteiger partial charge < -0.3 is 9.67 Å². The molecule has 144 valence electrons. The van der Waals surface area contributed by atoms with Crippen LogP contribution in [0.5, 0.6) is 0 Å². The zero-order valence-electron chi connectivity index (χ0n) is 14.7. The number of fused-ring (bicyclic) bond motifs is 1. The highest BCUT2D eigenvalue weighted by Gasteiger charge is 2.22. The highest BCUT2D eigenvalue weighted by atomic mass is 35.5. The van der Waals surface area contributed by atoms with Gasteiger partial charge in [-0.15, -0.1) is 0 Å². The normalized spacial score (nSPS) is 11.0. The lowest BCUT2D eigenvalue weighted by Gasteiger charge is -2.07. The highest BCUT2D eigenvalue weighted by molar-refractivity contribution is 6.41. The Morgan fingerprint density at radius 1 is 0.897 bits per heavy atom. The van der Waals surface area contributed by atoms with Crippen molar-refractivity contribution in [3.63, 3.8) is 0 Å². The summed E-state index contributed by atoms with van der Waals surface area (Å²) in [4.78, 5) is 24.3. The minimum Gasteiger partial charge on any atom is -0.478 e. The molecule has 0 aliphatic heterocycles. The van der Waals surface area contributed by atoms with Crippen LogP contribution in [0.3, 0.4) is 0 Å². The number of ketones is 1. The second kappa shape index (κ2) is 7.35. The number of carbonyl (C=O) groups is 2. The second-order valence-corrected chi connectivity index (χ2v) is 7.14. The quantitative estimate of drug-likeness (QED) is 0.406. The fraction of sp³-hybridized carbons (Fsp3) is 0. The van der Waals surface area contributed by atoms with Crippen LogP contribution in [0, 0.1) is 5.82 Å². The lowest BCUT2D eigenvalue weighted by molar-refractivity contribution is 0.0691. The Balaban J connectivity index is 1.92. The molecule has 7 heteroatoms. The molecule has 29 heavy (non-hydrogen) atoms. The topological polar surface area (TPSA) is 59.3 Å². The number of aromatic nitrogens is 1. The molecule has 1 N–H and O–H groups in total. The van der Waals surface area contributed by atoms with E-state index < -0.39 is 17.3 Å². The summed E-state index contributed by atoms with van der Waals surface area (Å²) in [6.45, 7) is 0. The van der Waals surface area contributed by atoms with Crippen molar-refractivity contribution in [3.8, 4) is 5.69 Å².